The molecule has 2 heterocycles. The van der Waals surface area contributed by atoms with E-state index in [1.54, 1.807) is 0 Å². The summed E-state index contributed by atoms with van der Waals surface area (Å²) in [6, 6.07) is -2.21. The smallest absolute Gasteiger partial charge is 0.326 e. The monoisotopic (exact) mass is 339 g/mol. The lowest BCUT2D eigenvalue weighted by Crippen LogP contribution is -2.54. The Morgan fingerprint density at radius 2 is 2.04 bits per heavy atom. The summed E-state index contributed by atoms with van der Waals surface area (Å²) in [4.78, 5) is 49.0. The minimum absolute atomic E-state index is 0.156. The highest BCUT2D eigenvalue weighted by atomic mass is 16.4. The van der Waals surface area contributed by atoms with Gasteiger partial charge in [0.25, 0.3) is 0 Å². The molecule has 3 N–H and O–H groups in total. The highest BCUT2D eigenvalue weighted by Gasteiger charge is 2.38. The Labute approximate surface area is 141 Å². The fourth-order valence-electron chi connectivity index (χ4n) is 3.26. The van der Waals surface area contributed by atoms with E-state index >= 15 is 0 Å². The Bertz CT molecular complexity index is 534. The molecule has 24 heavy (non-hydrogen) atoms. The lowest BCUT2D eigenvalue weighted by molar-refractivity contribution is -0.149. The number of nitrogens with zero attached hydrogens (tertiary/aromatic N) is 1. The van der Waals surface area contributed by atoms with E-state index < -0.39 is 24.1 Å². The summed E-state index contributed by atoms with van der Waals surface area (Å²) >= 11 is 0. The third-order valence-corrected chi connectivity index (χ3v) is 4.45. The van der Waals surface area contributed by atoms with Gasteiger partial charge in [0.2, 0.25) is 17.7 Å². The van der Waals surface area contributed by atoms with E-state index in [9.17, 15) is 24.3 Å². The zero-order valence-electron chi connectivity index (χ0n) is 14.1. The van der Waals surface area contributed by atoms with Gasteiger partial charge in [0, 0.05) is 13.0 Å². The second kappa shape index (κ2) is 7.63. The summed E-state index contributed by atoms with van der Waals surface area (Å²) in [5.41, 5.74) is 0. The Kier molecular flexibility index (Phi) is 5.80. The van der Waals surface area contributed by atoms with Crippen LogP contribution in [-0.2, 0) is 19.2 Å². The van der Waals surface area contributed by atoms with Crippen LogP contribution in [0.25, 0.3) is 0 Å². The summed E-state index contributed by atoms with van der Waals surface area (Å²) in [6.45, 7) is 4.26. The zero-order chi connectivity index (χ0) is 17.9. The van der Waals surface area contributed by atoms with Crippen molar-refractivity contribution in [2.45, 2.75) is 64.1 Å². The van der Waals surface area contributed by atoms with E-state index in [2.05, 4.69) is 10.6 Å². The van der Waals surface area contributed by atoms with Crippen molar-refractivity contribution in [3.8, 4) is 0 Å². The summed E-state index contributed by atoms with van der Waals surface area (Å²) in [5, 5.41) is 14.5. The van der Waals surface area contributed by atoms with Crippen LogP contribution in [0, 0.1) is 5.92 Å². The predicted molar refractivity (Wildman–Crippen MR) is 84.9 cm³/mol. The molecule has 3 amide bonds. The minimum Gasteiger partial charge on any atom is -0.480 e. The molecule has 2 aliphatic rings. The maximum atomic E-state index is 12.8. The number of rotatable bonds is 6. The lowest BCUT2D eigenvalue weighted by Gasteiger charge is -2.29. The van der Waals surface area contributed by atoms with Gasteiger partial charge < -0.3 is 20.6 Å². The molecule has 0 aliphatic carbocycles. The number of nitrogens with one attached hydrogen (secondary N) is 2. The van der Waals surface area contributed by atoms with E-state index in [0.717, 1.165) is 0 Å². The molecule has 0 unspecified atom stereocenters. The lowest BCUT2D eigenvalue weighted by atomic mass is 10.0. The van der Waals surface area contributed by atoms with Crippen molar-refractivity contribution < 1.29 is 24.3 Å². The first-order valence-corrected chi connectivity index (χ1v) is 8.42. The molecule has 0 bridgehead atoms. The molecular formula is C16H25N3O5. The van der Waals surface area contributed by atoms with Crippen molar-refractivity contribution >= 4 is 23.7 Å². The van der Waals surface area contributed by atoms with Crippen molar-refractivity contribution in [3.63, 3.8) is 0 Å². The van der Waals surface area contributed by atoms with Crippen molar-refractivity contribution in [2.24, 2.45) is 5.92 Å². The highest BCUT2D eigenvalue weighted by Crippen LogP contribution is 2.20. The first-order valence-electron chi connectivity index (χ1n) is 8.42. The molecule has 8 nitrogen and oxygen atoms in total. The molecule has 134 valence electrons. The Balaban J connectivity index is 2.06. The first kappa shape index (κ1) is 18.2. The Morgan fingerprint density at radius 3 is 2.58 bits per heavy atom. The van der Waals surface area contributed by atoms with Crippen molar-refractivity contribution in [2.75, 3.05) is 6.54 Å². The Morgan fingerprint density at radius 1 is 1.33 bits per heavy atom. The standard InChI is InChI=1S/C16H25N3O5/c1-9(2)8-11(18-14(21)10-5-6-13(20)17-10)15(22)19-7-3-4-12(19)16(23)24/h9-12H,3-8H2,1-2H3,(H,17,20)(H,18,21)(H,23,24)/t10-,11-,12-/m0/s1. The molecule has 8 heteroatoms. The van der Waals surface area contributed by atoms with E-state index in [1.165, 1.54) is 4.90 Å². The molecular weight excluding hydrogens is 314 g/mol. The van der Waals surface area contributed by atoms with Gasteiger partial charge in [-0.3, -0.25) is 14.4 Å². The third-order valence-electron chi connectivity index (χ3n) is 4.45. The Hall–Kier alpha value is -2.12. The second-order valence-electron chi connectivity index (χ2n) is 6.88. The molecule has 2 aliphatic heterocycles. The average molecular weight is 339 g/mol. The minimum atomic E-state index is -1.02. The molecule has 2 rings (SSSR count). The fourth-order valence-corrected chi connectivity index (χ4v) is 3.26. The molecule has 2 saturated heterocycles. The van der Waals surface area contributed by atoms with E-state index in [4.69, 9.17) is 0 Å². The van der Waals surface area contributed by atoms with Gasteiger partial charge in [0.15, 0.2) is 0 Å². The fraction of sp³-hybridized carbons (Fsp3) is 0.750. The largest absolute Gasteiger partial charge is 0.480 e. The van der Waals surface area contributed by atoms with Crippen LogP contribution in [0.2, 0.25) is 0 Å². The van der Waals surface area contributed by atoms with Gasteiger partial charge in [-0.2, -0.15) is 0 Å². The third kappa shape index (κ3) is 4.24. The molecule has 0 radical (unpaired) electrons. The summed E-state index contributed by atoms with van der Waals surface area (Å²) < 4.78 is 0. The van der Waals surface area contributed by atoms with E-state index in [-0.39, 0.29) is 23.6 Å². The molecule has 3 atom stereocenters. The average Bonchev–Trinajstić information content (AvgIpc) is 3.13. The van der Waals surface area contributed by atoms with Gasteiger partial charge in [0.1, 0.15) is 18.1 Å². The van der Waals surface area contributed by atoms with Crippen LogP contribution in [0.4, 0.5) is 0 Å². The van der Waals surface area contributed by atoms with Crippen LogP contribution >= 0.6 is 0 Å². The molecule has 2 fully saturated rings. The highest BCUT2D eigenvalue weighted by molar-refractivity contribution is 5.95. The van der Waals surface area contributed by atoms with Crippen molar-refractivity contribution in [3.05, 3.63) is 0 Å². The number of amides is 3. The maximum absolute atomic E-state index is 12.8. The number of carbonyl (C=O) groups excluding carboxylic acids is 3. The number of carboxylic acid groups (broad SMARTS) is 1. The molecule has 0 spiro atoms. The summed E-state index contributed by atoms with van der Waals surface area (Å²) in [5.74, 6) is -1.77. The number of carboxylic acids is 1. The number of hydrogen-bond acceptors (Lipinski definition) is 4. The van der Waals surface area contributed by atoms with Crippen molar-refractivity contribution in [1.29, 1.82) is 0 Å². The molecule has 0 aromatic carbocycles. The number of carbonyl (C=O) groups is 4. The van der Waals surface area contributed by atoms with E-state index in [1.807, 2.05) is 13.8 Å². The van der Waals surface area contributed by atoms with Crippen LogP contribution in [0.5, 0.6) is 0 Å². The number of likely N-dealkylation sites (tertiary alicyclic amines) is 1. The number of aliphatic carboxylic acids is 1. The van der Waals surface area contributed by atoms with Crippen LogP contribution in [0.15, 0.2) is 0 Å². The van der Waals surface area contributed by atoms with Gasteiger partial charge in [-0.05, 0) is 31.6 Å². The molecule has 0 saturated carbocycles. The molecule has 0 aromatic rings. The van der Waals surface area contributed by atoms with Crippen molar-refractivity contribution in [1.82, 2.24) is 15.5 Å². The maximum Gasteiger partial charge on any atom is 0.326 e. The molecule has 0 aromatic heterocycles. The quantitative estimate of drug-likeness (QED) is 0.623. The predicted octanol–water partition coefficient (Wildman–Crippen LogP) is -0.128. The van der Waals surface area contributed by atoms with Crippen LogP contribution in [-0.4, -0.2) is 58.4 Å². The van der Waals surface area contributed by atoms with E-state index in [0.29, 0.717) is 38.6 Å². The zero-order valence-corrected chi connectivity index (χ0v) is 14.1. The summed E-state index contributed by atoms with van der Waals surface area (Å²) in [7, 11) is 0. The number of hydrogen-bond donors (Lipinski definition) is 3. The van der Waals surface area contributed by atoms with Gasteiger partial charge >= 0.3 is 5.97 Å². The van der Waals surface area contributed by atoms with Crippen LogP contribution < -0.4 is 10.6 Å². The normalized spacial score (nSPS) is 24.8. The van der Waals surface area contributed by atoms with Gasteiger partial charge in [0.05, 0.1) is 0 Å². The van der Waals surface area contributed by atoms with Crippen LogP contribution in [0.1, 0.15) is 46.0 Å². The second-order valence-corrected chi connectivity index (χ2v) is 6.88. The van der Waals surface area contributed by atoms with Gasteiger partial charge in [-0.25, -0.2) is 4.79 Å². The SMILES string of the molecule is CC(C)C[C@H](NC(=O)[C@@H]1CCC(=O)N1)C(=O)N1CCC[C@H]1C(=O)O. The van der Waals surface area contributed by atoms with Gasteiger partial charge in [-0.1, -0.05) is 13.8 Å². The first-order chi connectivity index (χ1) is 11.3. The van der Waals surface area contributed by atoms with Gasteiger partial charge in [-0.15, -0.1) is 0 Å². The summed E-state index contributed by atoms with van der Waals surface area (Å²) in [6.07, 6.45) is 2.21. The topological polar surface area (TPSA) is 116 Å². The van der Waals surface area contributed by atoms with Crippen LogP contribution in [0.3, 0.4) is 0 Å².